The molecule has 0 spiro atoms. The number of hydrogen-bond donors (Lipinski definition) is 2. The molecule has 0 saturated heterocycles. The number of rotatable bonds is 7. The quantitative estimate of drug-likeness (QED) is 0.647. The highest BCUT2D eigenvalue weighted by Gasteiger charge is 2.29. The smallest absolute Gasteiger partial charge is 0.0743 e. The van der Waals surface area contributed by atoms with Crippen molar-refractivity contribution in [2.24, 2.45) is 5.73 Å². The first-order valence-corrected chi connectivity index (χ1v) is 6.24. The van der Waals surface area contributed by atoms with Crippen LogP contribution in [0, 0.1) is 0 Å². The summed E-state index contributed by atoms with van der Waals surface area (Å²) >= 11 is 4.97. The number of nitrogens with zero attached hydrogens (tertiary/aromatic N) is 1. The molecule has 0 bridgehead atoms. The molecule has 0 aromatic rings. The van der Waals surface area contributed by atoms with Crippen LogP contribution in [0.4, 0.5) is 0 Å². The van der Waals surface area contributed by atoms with Gasteiger partial charge in [-0.2, -0.15) is 0 Å². The predicted octanol–water partition coefficient (Wildman–Crippen LogP) is 1.29. The summed E-state index contributed by atoms with van der Waals surface area (Å²) < 4.78 is 0. The third kappa shape index (κ3) is 3.70. The fourth-order valence-corrected chi connectivity index (χ4v) is 2.42. The first-order chi connectivity index (χ1) is 7.19. The van der Waals surface area contributed by atoms with Gasteiger partial charge in [0.1, 0.15) is 0 Å². The maximum Gasteiger partial charge on any atom is 0.0743 e. The Morgan fingerprint density at radius 1 is 1.60 bits per heavy atom. The molecular weight excluding hydrogens is 208 g/mol. The van der Waals surface area contributed by atoms with E-state index < -0.39 is 0 Å². The number of hydrogen-bond acceptors (Lipinski definition) is 3. The van der Waals surface area contributed by atoms with Crippen LogP contribution in [0.5, 0.6) is 0 Å². The number of nitrogens with two attached hydrogens (primary N) is 1. The fraction of sp³-hybridized carbons (Fsp3) is 0.909. The van der Waals surface area contributed by atoms with Crippen LogP contribution in [-0.2, 0) is 0 Å². The highest BCUT2D eigenvalue weighted by molar-refractivity contribution is 7.80. The third-order valence-corrected chi connectivity index (χ3v) is 3.45. The molecule has 4 heteroatoms. The van der Waals surface area contributed by atoms with Crippen molar-refractivity contribution in [2.45, 2.75) is 51.1 Å². The lowest BCUT2D eigenvalue weighted by Gasteiger charge is -2.42. The van der Waals surface area contributed by atoms with E-state index >= 15 is 0 Å². The summed E-state index contributed by atoms with van der Waals surface area (Å²) in [5.74, 6) is 0. The van der Waals surface area contributed by atoms with E-state index in [0.717, 1.165) is 19.4 Å². The molecule has 3 nitrogen and oxygen atoms in total. The molecule has 0 aromatic heterocycles. The van der Waals surface area contributed by atoms with Gasteiger partial charge in [0.2, 0.25) is 0 Å². The van der Waals surface area contributed by atoms with E-state index in [1.807, 2.05) is 0 Å². The maximum absolute atomic E-state index is 9.08. The summed E-state index contributed by atoms with van der Waals surface area (Å²) in [4.78, 5) is 2.98. The normalized spacial score (nSPS) is 18.9. The molecule has 0 aliphatic heterocycles. The molecule has 0 radical (unpaired) electrons. The Morgan fingerprint density at radius 3 is 2.60 bits per heavy atom. The molecule has 1 unspecified atom stereocenters. The molecule has 3 N–H and O–H groups in total. The molecule has 0 amide bonds. The minimum absolute atomic E-state index is 0.227. The minimum Gasteiger partial charge on any atom is -0.395 e. The summed E-state index contributed by atoms with van der Waals surface area (Å²) in [6, 6.07) is 1.07. The number of aliphatic hydroxyl groups is 1. The van der Waals surface area contributed by atoms with Gasteiger partial charge in [-0.05, 0) is 19.3 Å². The van der Waals surface area contributed by atoms with Crippen molar-refractivity contribution in [3.05, 3.63) is 0 Å². The average Bonchev–Trinajstić information content (AvgIpc) is 2.10. The average molecular weight is 230 g/mol. The van der Waals surface area contributed by atoms with Crippen LogP contribution < -0.4 is 5.73 Å². The monoisotopic (exact) mass is 230 g/mol. The molecule has 0 heterocycles. The van der Waals surface area contributed by atoms with Crippen molar-refractivity contribution in [1.29, 1.82) is 0 Å². The van der Waals surface area contributed by atoms with Crippen LogP contribution >= 0.6 is 12.2 Å². The molecule has 15 heavy (non-hydrogen) atoms. The van der Waals surface area contributed by atoms with Crippen molar-refractivity contribution in [2.75, 3.05) is 13.2 Å². The molecule has 1 fully saturated rings. The van der Waals surface area contributed by atoms with E-state index in [-0.39, 0.29) is 6.61 Å². The lowest BCUT2D eigenvalue weighted by molar-refractivity contribution is 0.0606. The second kappa shape index (κ2) is 6.40. The van der Waals surface area contributed by atoms with E-state index in [0.29, 0.717) is 17.1 Å². The SMILES string of the molecule is CCC(CC(N)=S)N(CCO)C1CCC1. The zero-order chi connectivity index (χ0) is 11.3. The Kier molecular flexibility index (Phi) is 5.50. The van der Waals surface area contributed by atoms with Crippen molar-refractivity contribution in [1.82, 2.24) is 4.90 Å². The van der Waals surface area contributed by atoms with Gasteiger partial charge in [-0.3, -0.25) is 4.90 Å². The predicted molar refractivity (Wildman–Crippen MR) is 66.9 cm³/mol. The minimum atomic E-state index is 0.227. The zero-order valence-corrected chi connectivity index (χ0v) is 10.3. The van der Waals surface area contributed by atoms with E-state index in [4.69, 9.17) is 23.1 Å². The maximum atomic E-state index is 9.08. The van der Waals surface area contributed by atoms with Gasteiger partial charge in [0.25, 0.3) is 0 Å². The Hall–Kier alpha value is -0.190. The van der Waals surface area contributed by atoms with Gasteiger partial charge in [0.05, 0.1) is 11.6 Å². The highest BCUT2D eigenvalue weighted by atomic mass is 32.1. The largest absolute Gasteiger partial charge is 0.395 e. The number of aliphatic hydroxyl groups excluding tert-OH is 1. The lowest BCUT2D eigenvalue weighted by Crippen LogP contribution is -2.48. The Bertz CT molecular complexity index is 207. The van der Waals surface area contributed by atoms with Crippen LogP contribution in [0.2, 0.25) is 0 Å². The van der Waals surface area contributed by atoms with Gasteiger partial charge in [0, 0.05) is 25.0 Å². The van der Waals surface area contributed by atoms with Gasteiger partial charge in [0.15, 0.2) is 0 Å². The van der Waals surface area contributed by atoms with Crippen molar-refractivity contribution in [3.63, 3.8) is 0 Å². The topological polar surface area (TPSA) is 49.5 Å². The van der Waals surface area contributed by atoms with Crippen LogP contribution in [0.3, 0.4) is 0 Å². The van der Waals surface area contributed by atoms with Crippen LogP contribution in [0.25, 0.3) is 0 Å². The van der Waals surface area contributed by atoms with Crippen molar-refractivity contribution >= 4 is 17.2 Å². The molecule has 0 aromatic carbocycles. The van der Waals surface area contributed by atoms with Gasteiger partial charge >= 0.3 is 0 Å². The third-order valence-electron chi connectivity index (χ3n) is 3.28. The van der Waals surface area contributed by atoms with E-state index in [1.165, 1.54) is 19.3 Å². The molecule has 1 aliphatic carbocycles. The van der Waals surface area contributed by atoms with Gasteiger partial charge in [-0.1, -0.05) is 25.6 Å². The van der Waals surface area contributed by atoms with Crippen LogP contribution in [0.15, 0.2) is 0 Å². The Balaban J connectivity index is 2.53. The first kappa shape index (κ1) is 12.9. The van der Waals surface area contributed by atoms with Gasteiger partial charge in [-0.25, -0.2) is 0 Å². The summed E-state index contributed by atoms with van der Waals surface area (Å²) in [6.45, 7) is 3.14. The Morgan fingerprint density at radius 2 is 2.27 bits per heavy atom. The molecular formula is C11H22N2OS. The van der Waals surface area contributed by atoms with Crippen molar-refractivity contribution in [3.8, 4) is 0 Å². The first-order valence-electron chi connectivity index (χ1n) is 5.84. The second-order valence-electron chi connectivity index (χ2n) is 4.28. The molecule has 1 saturated carbocycles. The summed E-state index contributed by atoms with van der Waals surface area (Å²) in [5.41, 5.74) is 5.60. The summed E-state index contributed by atoms with van der Waals surface area (Å²) in [6.07, 6.45) is 5.66. The second-order valence-corrected chi connectivity index (χ2v) is 4.80. The Labute approximate surface area is 97.6 Å². The summed E-state index contributed by atoms with van der Waals surface area (Å²) in [7, 11) is 0. The van der Waals surface area contributed by atoms with Crippen LogP contribution in [0.1, 0.15) is 39.0 Å². The lowest BCUT2D eigenvalue weighted by atomic mass is 9.89. The molecule has 1 rings (SSSR count). The standard InChI is InChI=1S/C11H22N2OS/c1-2-9(8-11(12)15)13(6-7-14)10-4-3-5-10/h9-10,14H,2-8H2,1H3,(H2,12,15). The van der Waals surface area contributed by atoms with Crippen molar-refractivity contribution < 1.29 is 5.11 Å². The summed E-state index contributed by atoms with van der Waals surface area (Å²) in [5, 5.41) is 9.08. The van der Waals surface area contributed by atoms with E-state index in [9.17, 15) is 0 Å². The van der Waals surface area contributed by atoms with Crippen LogP contribution in [-0.4, -0.2) is 40.2 Å². The zero-order valence-electron chi connectivity index (χ0n) is 9.48. The van der Waals surface area contributed by atoms with E-state index in [1.54, 1.807) is 0 Å². The number of thiocarbonyl (C=S) groups is 1. The molecule has 1 atom stereocenters. The van der Waals surface area contributed by atoms with E-state index in [2.05, 4.69) is 11.8 Å². The molecule has 1 aliphatic rings. The van der Waals surface area contributed by atoms with Gasteiger partial charge in [-0.15, -0.1) is 0 Å². The molecule has 88 valence electrons. The van der Waals surface area contributed by atoms with Gasteiger partial charge < -0.3 is 10.8 Å². The highest BCUT2D eigenvalue weighted by Crippen LogP contribution is 2.27. The fourth-order valence-electron chi connectivity index (χ4n) is 2.23.